The van der Waals surface area contributed by atoms with Crippen LogP contribution in [-0.4, -0.2) is 0 Å². The Morgan fingerprint density at radius 2 is 0.609 bits per heavy atom. The van der Waals surface area contributed by atoms with Gasteiger partial charge in [-0.05, 0) is 77.4 Å². The maximum Gasteiger partial charge on any atom is -0.0352 e. The Balaban J connectivity index is 0.000000338. The minimum atomic E-state index is 0.500. The van der Waals surface area contributed by atoms with Gasteiger partial charge in [0.1, 0.15) is 0 Å². The predicted octanol–water partition coefficient (Wildman–Crippen LogP) is 7.14. The molecule has 8 atom stereocenters. The summed E-state index contributed by atoms with van der Waals surface area (Å²) in [6.45, 7) is 23.9. The van der Waals surface area contributed by atoms with E-state index in [0.717, 1.165) is 59.2 Å². The molecule has 0 heteroatoms. The molecule has 8 unspecified atom stereocenters. The third-order valence-corrected chi connectivity index (χ3v) is 8.21. The quantitative estimate of drug-likeness (QED) is 0.445. The molecule has 0 aromatic heterocycles. The van der Waals surface area contributed by atoms with Crippen LogP contribution in [0.25, 0.3) is 0 Å². The van der Waals surface area contributed by atoms with Gasteiger partial charge in [-0.15, -0.1) is 0 Å². The van der Waals surface area contributed by atoms with E-state index in [1.807, 2.05) is 0 Å². The first-order chi connectivity index (χ1) is 10.4. The zero-order chi connectivity index (χ0) is 17.7. The number of hydrogen-bond donors (Lipinski definition) is 0. The normalized spacial score (nSPS) is 52.4. The van der Waals surface area contributed by atoms with Crippen LogP contribution in [0, 0.1) is 64.6 Å². The third kappa shape index (κ3) is 3.82. The first-order valence-corrected chi connectivity index (χ1v) is 10.4. The topological polar surface area (TPSA) is 0 Å². The number of fused-ring (bicyclic) bond motifs is 2. The molecule has 0 aromatic carbocycles. The Morgan fingerprint density at radius 1 is 0.435 bits per heavy atom. The Bertz CT molecular complexity index is 323. The molecular weight excluding hydrogens is 276 g/mol. The highest BCUT2D eigenvalue weighted by Crippen LogP contribution is 2.61. The van der Waals surface area contributed by atoms with Gasteiger partial charge in [-0.25, -0.2) is 0 Å². The van der Waals surface area contributed by atoms with Crippen LogP contribution in [0.4, 0.5) is 0 Å². The van der Waals surface area contributed by atoms with E-state index in [9.17, 15) is 0 Å². The first kappa shape index (κ1) is 19.3. The summed E-state index contributed by atoms with van der Waals surface area (Å²) in [5.41, 5.74) is 0.500. The van der Waals surface area contributed by atoms with Gasteiger partial charge in [0, 0.05) is 0 Å². The molecule has 0 N–H and O–H groups in total. The van der Waals surface area contributed by atoms with Gasteiger partial charge in [-0.1, -0.05) is 69.2 Å². The molecule has 0 saturated heterocycles. The highest BCUT2D eigenvalue weighted by molar-refractivity contribution is 5.03. The first-order valence-electron chi connectivity index (χ1n) is 10.4. The van der Waals surface area contributed by atoms with Crippen LogP contribution in [0.2, 0.25) is 0 Å². The van der Waals surface area contributed by atoms with Gasteiger partial charge in [0.2, 0.25) is 0 Å². The number of hydrogen-bond acceptors (Lipinski definition) is 0. The van der Waals surface area contributed by atoms with Gasteiger partial charge in [0.15, 0.2) is 0 Å². The van der Waals surface area contributed by atoms with E-state index in [2.05, 4.69) is 69.2 Å². The van der Waals surface area contributed by atoms with Crippen LogP contribution < -0.4 is 0 Å². The van der Waals surface area contributed by atoms with Crippen molar-refractivity contribution in [3.8, 4) is 0 Å². The van der Waals surface area contributed by atoms with E-state index >= 15 is 0 Å². The van der Waals surface area contributed by atoms with Crippen molar-refractivity contribution in [1.82, 2.24) is 0 Å². The Morgan fingerprint density at radius 3 is 0.783 bits per heavy atom. The van der Waals surface area contributed by atoms with Crippen LogP contribution in [-0.2, 0) is 0 Å². The smallest absolute Gasteiger partial charge is 0.0352 e. The lowest BCUT2D eigenvalue weighted by molar-refractivity contribution is 0.0887. The summed E-state index contributed by atoms with van der Waals surface area (Å²) in [4.78, 5) is 0. The molecule has 3 rings (SSSR count). The van der Waals surface area contributed by atoms with E-state index in [1.165, 1.54) is 0 Å². The van der Waals surface area contributed by atoms with Crippen LogP contribution in [0.1, 0.15) is 82.1 Å². The standard InChI is InChI=1S/C18H32.C5H12/c1-9-11(3)15-7-17-13(5)10(2)14(6)18(17)8-16(15)12(9)4;1-5(2,3)4/h9-18H,7-8H2,1-6H3;1-4H3. The van der Waals surface area contributed by atoms with E-state index in [-0.39, 0.29) is 0 Å². The molecule has 0 spiro atoms. The Kier molecular flexibility index (Phi) is 5.65. The van der Waals surface area contributed by atoms with Gasteiger partial charge >= 0.3 is 0 Å². The SMILES string of the molecule is CC(C)(C)C.CC1C(C)C2CC3C(C)C(C)C(C)C3CC2C1C. The van der Waals surface area contributed by atoms with Crippen molar-refractivity contribution < 1.29 is 0 Å². The van der Waals surface area contributed by atoms with Gasteiger partial charge in [0.05, 0.1) is 0 Å². The number of rotatable bonds is 0. The minimum Gasteiger partial charge on any atom is -0.0620 e. The molecule has 23 heavy (non-hydrogen) atoms. The maximum absolute atomic E-state index is 2.54. The molecule has 3 aliphatic rings. The summed E-state index contributed by atoms with van der Waals surface area (Å²) in [5.74, 6) is 10.0. The van der Waals surface area contributed by atoms with E-state index in [0.29, 0.717) is 5.41 Å². The fourth-order valence-electron chi connectivity index (χ4n) is 6.26. The van der Waals surface area contributed by atoms with Crippen LogP contribution in [0.3, 0.4) is 0 Å². The zero-order valence-electron chi connectivity index (χ0n) is 17.7. The zero-order valence-corrected chi connectivity index (χ0v) is 17.7. The lowest BCUT2D eigenvalue weighted by atomic mass is 9.65. The van der Waals surface area contributed by atoms with E-state index < -0.39 is 0 Å². The summed E-state index contributed by atoms with van der Waals surface area (Å²) < 4.78 is 0. The second kappa shape index (κ2) is 6.72. The van der Waals surface area contributed by atoms with Crippen LogP contribution in [0.15, 0.2) is 0 Å². The molecule has 0 radical (unpaired) electrons. The van der Waals surface area contributed by atoms with Crippen molar-refractivity contribution in [2.75, 3.05) is 0 Å². The fourth-order valence-corrected chi connectivity index (χ4v) is 6.26. The fraction of sp³-hybridized carbons (Fsp3) is 1.00. The average molecular weight is 321 g/mol. The van der Waals surface area contributed by atoms with Crippen molar-refractivity contribution in [2.45, 2.75) is 82.1 Å². The second-order valence-electron chi connectivity index (χ2n) is 11.3. The van der Waals surface area contributed by atoms with E-state index in [4.69, 9.17) is 0 Å². The lowest BCUT2D eigenvalue weighted by Crippen LogP contribution is -2.33. The summed E-state index contributed by atoms with van der Waals surface area (Å²) in [6.07, 6.45) is 3.11. The van der Waals surface area contributed by atoms with Crippen molar-refractivity contribution in [2.24, 2.45) is 64.6 Å². The van der Waals surface area contributed by atoms with Crippen molar-refractivity contribution in [3.05, 3.63) is 0 Å². The molecule has 0 heterocycles. The monoisotopic (exact) mass is 320 g/mol. The van der Waals surface area contributed by atoms with Crippen molar-refractivity contribution >= 4 is 0 Å². The largest absolute Gasteiger partial charge is 0.0620 e. The molecule has 3 saturated carbocycles. The highest BCUT2D eigenvalue weighted by atomic mass is 14.6. The molecule has 136 valence electrons. The predicted molar refractivity (Wildman–Crippen MR) is 103 cm³/mol. The average Bonchev–Trinajstić information content (AvgIpc) is 2.78. The summed E-state index contributed by atoms with van der Waals surface area (Å²) in [7, 11) is 0. The lowest BCUT2D eigenvalue weighted by Gasteiger charge is -2.40. The molecule has 0 aliphatic heterocycles. The Labute approximate surface area is 147 Å². The van der Waals surface area contributed by atoms with Crippen LogP contribution in [0.5, 0.6) is 0 Å². The molecule has 3 aliphatic carbocycles. The van der Waals surface area contributed by atoms with Gasteiger partial charge in [-0.3, -0.25) is 0 Å². The van der Waals surface area contributed by atoms with E-state index in [1.54, 1.807) is 12.8 Å². The van der Waals surface area contributed by atoms with Crippen molar-refractivity contribution in [3.63, 3.8) is 0 Å². The van der Waals surface area contributed by atoms with Gasteiger partial charge in [0.25, 0.3) is 0 Å². The molecule has 0 bridgehead atoms. The van der Waals surface area contributed by atoms with Crippen molar-refractivity contribution in [1.29, 1.82) is 0 Å². The van der Waals surface area contributed by atoms with Crippen LogP contribution >= 0.6 is 0 Å². The van der Waals surface area contributed by atoms with Gasteiger partial charge in [-0.2, -0.15) is 0 Å². The molecular formula is C23H44. The second-order valence-corrected chi connectivity index (χ2v) is 11.3. The Hall–Kier alpha value is 0. The third-order valence-electron chi connectivity index (χ3n) is 8.21. The highest BCUT2D eigenvalue weighted by Gasteiger charge is 2.54. The molecule has 3 fully saturated rings. The summed E-state index contributed by atoms with van der Waals surface area (Å²) in [5, 5.41) is 0. The minimum absolute atomic E-state index is 0.500. The molecule has 0 amide bonds. The molecule has 0 aromatic rings. The maximum atomic E-state index is 2.54. The summed E-state index contributed by atoms with van der Waals surface area (Å²) >= 11 is 0. The summed E-state index contributed by atoms with van der Waals surface area (Å²) in [6, 6.07) is 0. The van der Waals surface area contributed by atoms with Gasteiger partial charge < -0.3 is 0 Å². The molecule has 0 nitrogen and oxygen atoms in total.